The van der Waals surface area contributed by atoms with Crippen LogP contribution in [0.25, 0.3) is 0 Å². The van der Waals surface area contributed by atoms with E-state index in [0.717, 1.165) is 32.1 Å². The topological polar surface area (TPSA) is 52.6 Å². The number of ketones is 2. The van der Waals surface area contributed by atoms with Crippen molar-refractivity contribution in [2.75, 3.05) is 7.11 Å². The largest absolute Gasteiger partial charge is 0.493 e. The highest BCUT2D eigenvalue weighted by Gasteiger charge is 2.64. The van der Waals surface area contributed by atoms with Crippen molar-refractivity contribution in [3.8, 4) is 0 Å². The highest BCUT2D eigenvalue weighted by molar-refractivity contribution is 6.21. The quantitative estimate of drug-likeness (QED) is 0.520. The fraction of sp³-hybridized carbons (Fsp3) is 0.636. The first-order valence-corrected chi connectivity index (χ1v) is 9.61. The summed E-state index contributed by atoms with van der Waals surface area (Å²) in [5.74, 6) is 0.308. The molecule has 4 heteroatoms. The molecule has 0 amide bonds. The van der Waals surface area contributed by atoms with Gasteiger partial charge in [-0.2, -0.15) is 0 Å². The number of fused-ring (bicyclic) bond motifs is 3. The Kier molecular flexibility index (Phi) is 3.61. The minimum atomic E-state index is -0.442. The fourth-order valence-corrected chi connectivity index (χ4v) is 6.04. The van der Waals surface area contributed by atoms with Gasteiger partial charge in [0.2, 0.25) is 11.6 Å². The molecule has 1 aliphatic heterocycles. The summed E-state index contributed by atoms with van der Waals surface area (Å²) >= 11 is 0. The van der Waals surface area contributed by atoms with Crippen LogP contribution in [0.3, 0.4) is 0 Å². The van der Waals surface area contributed by atoms with E-state index in [1.165, 1.54) is 18.8 Å². The van der Waals surface area contributed by atoms with Gasteiger partial charge in [-0.15, -0.1) is 0 Å². The molecule has 0 bridgehead atoms. The Labute approximate surface area is 155 Å². The monoisotopic (exact) mass is 356 g/mol. The summed E-state index contributed by atoms with van der Waals surface area (Å²) in [7, 11) is 1.43. The summed E-state index contributed by atoms with van der Waals surface area (Å²) < 4.78 is 11.5. The number of carbonyl (C=O) groups excluding carboxylic acids is 2. The summed E-state index contributed by atoms with van der Waals surface area (Å²) in [5.41, 5.74) is 1.25. The first-order valence-electron chi connectivity index (χ1n) is 9.61. The predicted octanol–water partition coefficient (Wildman–Crippen LogP) is 4.26. The molecule has 1 heterocycles. The van der Waals surface area contributed by atoms with Crippen molar-refractivity contribution in [3.63, 3.8) is 0 Å². The van der Waals surface area contributed by atoms with Crippen molar-refractivity contribution in [1.82, 2.24) is 0 Å². The molecule has 2 saturated carbocycles. The van der Waals surface area contributed by atoms with Crippen LogP contribution in [0.5, 0.6) is 0 Å². The number of hydrogen-bond donors (Lipinski definition) is 0. The molecule has 0 unspecified atom stereocenters. The van der Waals surface area contributed by atoms with Crippen LogP contribution in [0.1, 0.15) is 59.3 Å². The van der Waals surface area contributed by atoms with Crippen molar-refractivity contribution < 1.29 is 19.1 Å². The zero-order valence-corrected chi connectivity index (χ0v) is 16.2. The van der Waals surface area contributed by atoms with Gasteiger partial charge in [0.1, 0.15) is 5.60 Å². The summed E-state index contributed by atoms with van der Waals surface area (Å²) in [6.07, 6.45) is 7.05. The molecule has 4 rings (SSSR count). The van der Waals surface area contributed by atoms with Crippen LogP contribution in [-0.4, -0.2) is 24.3 Å². The summed E-state index contributed by atoms with van der Waals surface area (Å²) in [5, 5.41) is 0. The molecule has 3 aliphatic carbocycles. The Morgan fingerprint density at radius 1 is 1.23 bits per heavy atom. The zero-order valence-electron chi connectivity index (χ0n) is 16.2. The number of ether oxygens (including phenoxy) is 2. The first kappa shape index (κ1) is 17.6. The van der Waals surface area contributed by atoms with Gasteiger partial charge in [0, 0.05) is 11.5 Å². The van der Waals surface area contributed by atoms with Crippen molar-refractivity contribution in [2.45, 2.75) is 64.9 Å². The van der Waals surface area contributed by atoms with Crippen LogP contribution in [0.2, 0.25) is 0 Å². The second-order valence-electron chi connectivity index (χ2n) is 9.11. The number of carbonyl (C=O) groups is 2. The first-order chi connectivity index (χ1) is 12.2. The molecule has 0 aromatic rings. The molecule has 0 radical (unpaired) electrons. The van der Waals surface area contributed by atoms with Crippen LogP contribution in [0.4, 0.5) is 0 Å². The molecule has 26 heavy (non-hydrogen) atoms. The smallest absolute Gasteiger partial charge is 0.227 e. The van der Waals surface area contributed by atoms with Gasteiger partial charge in [-0.25, -0.2) is 0 Å². The van der Waals surface area contributed by atoms with Crippen molar-refractivity contribution in [3.05, 3.63) is 35.3 Å². The number of rotatable bonds is 1. The van der Waals surface area contributed by atoms with Gasteiger partial charge in [-0.3, -0.25) is 9.59 Å². The summed E-state index contributed by atoms with van der Waals surface area (Å²) in [4.78, 5) is 25.4. The lowest BCUT2D eigenvalue weighted by Crippen LogP contribution is -2.62. The molecule has 140 valence electrons. The predicted molar refractivity (Wildman–Crippen MR) is 98.2 cm³/mol. The van der Waals surface area contributed by atoms with Gasteiger partial charge < -0.3 is 9.47 Å². The Hall–Kier alpha value is -1.84. The van der Waals surface area contributed by atoms with E-state index in [9.17, 15) is 9.59 Å². The molecule has 0 saturated heterocycles. The van der Waals surface area contributed by atoms with Gasteiger partial charge >= 0.3 is 0 Å². The maximum absolute atomic E-state index is 12.9. The molecule has 4 aliphatic rings. The van der Waals surface area contributed by atoms with E-state index < -0.39 is 5.60 Å². The lowest BCUT2D eigenvalue weighted by molar-refractivity contribution is -0.192. The standard InChI is InChI=1S/C22H28O4/c1-13-7-6-8-17-20(13,2)9-10-22(4)21(17,3)12-14-18(24)16(25-5)11-15(23)19(14)26-22/h11,17H,1,6-10,12H2,2-5H3/t17-,20+,21+,22-/m1/s1. The normalized spacial score (nSPS) is 42.4. The van der Waals surface area contributed by atoms with Gasteiger partial charge in [0.15, 0.2) is 11.5 Å². The summed E-state index contributed by atoms with van der Waals surface area (Å²) in [6, 6.07) is 0. The second kappa shape index (κ2) is 5.34. The highest BCUT2D eigenvalue weighted by atomic mass is 16.5. The molecule has 0 N–H and O–H groups in total. The third-order valence-corrected chi connectivity index (χ3v) is 8.00. The van der Waals surface area contributed by atoms with Crippen LogP contribution in [-0.2, 0) is 19.1 Å². The van der Waals surface area contributed by atoms with E-state index in [2.05, 4.69) is 27.4 Å². The van der Waals surface area contributed by atoms with Crippen LogP contribution in [0, 0.1) is 16.7 Å². The molecule has 4 nitrogen and oxygen atoms in total. The van der Waals surface area contributed by atoms with Crippen LogP contribution < -0.4 is 0 Å². The van der Waals surface area contributed by atoms with Crippen molar-refractivity contribution in [1.29, 1.82) is 0 Å². The summed E-state index contributed by atoms with van der Waals surface area (Å²) in [6.45, 7) is 11.1. The highest BCUT2D eigenvalue weighted by Crippen LogP contribution is 2.67. The molecular formula is C22H28O4. The fourth-order valence-electron chi connectivity index (χ4n) is 6.04. The SMILES string of the molecule is C=C1CCC[C@@H]2[C@@]1(C)CC[C@@]1(C)OC3=C(C[C@@]21C)C(=O)C(OC)=CC3=O. The zero-order chi connectivity index (χ0) is 18.9. The molecule has 0 aromatic heterocycles. The average molecular weight is 356 g/mol. The second-order valence-corrected chi connectivity index (χ2v) is 9.11. The molecule has 2 fully saturated rings. The molecule has 0 aromatic carbocycles. The molecule has 0 spiro atoms. The Bertz CT molecular complexity index is 788. The number of methoxy groups -OCH3 is 1. The Morgan fingerprint density at radius 3 is 2.65 bits per heavy atom. The average Bonchev–Trinajstić information content (AvgIpc) is 2.60. The number of hydrogen-bond acceptors (Lipinski definition) is 4. The third kappa shape index (κ3) is 2.02. The lowest BCUT2D eigenvalue weighted by Gasteiger charge is -2.64. The third-order valence-electron chi connectivity index (χ3n) is 8.00. The molecular weight excluding hydrogens is 328 g/mol. The van der Waals surface area contributed by atoms with E-state index in [1.54, 1.807) is 0 Å². The van der Waals surface area contributed by atoms with E-state index in [4.69, 9.17) is 9.47 Å². The van der Waals surface area contributed by atoms with E-state index in [1.807, 2.05) is 0 Å². The van der Waals surface area contributed by atoms with Gasteiger partial charge in [-0.1, -0.05) is 26.0 Å². The minimum Gasteiger partial charge on any atom is -0.493 e. The number of Topliss-reactive ketones (excluding diaryl/α,β-unsaturated/α-hetero) is 1. The Balaban J connectivity index is 1.82. The van der Waals surface area contributed by atoms with Crippen molar-refractivity contribution in [2.24, 2.45) is 16.7 Å². The van der Waals surface area contributed by atoms with Gasteiger partial charge in [0.05, 0.1) is 12.7 Å². The Morgan fingerprint density at radius 2 is 1.96 bits per heavy atom. The van der Waals surface area contributed by atoms with E-state index in [-0.39, 0.29) is 33.9 Å². The maximum atomic E-state index is 12.9. The van der Waals surface area contributed by atoms with Gasteiger partial charge in [-0.05, 0) is 56.8 Å². The van der Waals surface area contributed by atoms with Gasteiger partial charge in [0.25, 0.3) is 0 Å². The maximum Gasteiger partial charge on any atom is 0.227 e. The number of allylic oxidation sites excluding steroid dienone is 3. The molecule has 4 atom stereocenters. The lowest BCUT2D eigenvalue weighted by atomic mass is 9.44. The van der Waals surface area contributed by atoms with Crippen LogP contribution in [0.15, 0.2) is 35.3 Å². The van der Waals surface area contributed by atoms with E-state index >= 15 is 0 Å². The van der Waals surface area contributed by atoms with E-state index in [0.29, 0.717) is 17.9 Å². The minimum absolute atomic E-state index is 0.0790. The van der Waals surface area contributed by atoms with Crippen molar-refractivity contribution >= 4 is 11.6 Å². The van der Waals surface area contributed by atoms with Crippen LogP contribution >= 0.6 is 0 Å².